The van der Waals surface area contributed by atoms with Gasteiger partial charge >= 0.3 is 0 Å². The minimum Gasteiger partial charge on any atom is -0.436 e. The number of benzene rings is 5. The lowest BCUT2D eigenvalue weighted by Gasteiger charge is -2.12. The third-order valence-electron chi connectivity index (χ3n) is 6.59. The Morgan fingerprint density at radius 2 is 0.923 bits per heavy atom. The average Bonchev–Trinajstić information content (AvgIpc) is 3.46. The second kappa shape index (κ2) is 9.80. The molecular formula is C34H22N4O. The van der Waals surface area contributed by atoms with Gasteiger partial charge in [-0.2, -0.15) is 0 Å². The molecule has 39 heavy (non-hydrogen) atoms. The summed E-state index contributed by atoms with van der Waals surface area (Å²) >= 11 is 0. The molecule has 0 saturated heterocycles. The first-order valence-corrected chi connectivity index (χ1v) is 12.7. The normalized spacial score (nSPS) is 11.1. The van der Waals surface area contributed by atoms with Crippen molar-refractivity contribution in [3.8, 4) is 56.7 Å². The van der Waals surface area contributed by atoms with Crippen LogP contribution in [0.4, 0.5) is 0 Å². The van der Waals surface area contributed by atoms with Crippen molar-refractivity contribution in [3.05, 3.63) is 133 Å². The van der Waals surface area contributed by atoms with Gasteiger partial charge in [0.15, 0.2) is 23.1 Å². The van der Waals surface area contributed by atoms with Gasteiger partial charge < -0.3 is 4.42 Å². The van der Waals surface area contributed by atoms with Gasteiger partial charge in [0.2, 0.25) is 5.89 Å². The Bertz CT molecular complexity index is 1900. The maximum atomic E-state index is 6.14. The monoisotopic (exact) mass is 502 g/mol. The topological polar surface area (TPSA) is 64.7 Å². The summed E-state index contributed by atoms with van der Waals surface area (Å²) in [5, 5.41) is 0. The average molecular weight is 503 g/mol. The van der Waals surface area contributed by atoms with Gasteiger partial charge in [0.25, 0.3) is 0 Å². The Hall–Kier alpha value is -5.42. The molecule has 2 aromatic heterocycles. The molecule has 0 atom stereocenters. The van der Waals surface area contributed by atoms with Gasteiger partial charge in [0.1, 0.15) is 5.52 Å². The van der Waals surface area contributed by atoms with Crippen LogP contribution in [0.2, 0.25) is 0 Å². The molecule has 0 aliphatic carbocycles. The molecule has 0 unspecified atom stereocenters. The van der Waals surface area contributed by atoms with E-state index >= 15 is 0 Å². The van der Waals surface area contributed by atoms with Crippen LogP contribution in [0.1, 0.15) is 0 Å². The first kappa shape index (κ1) is 22.8. The maximum absolute atomic E-state index is 6.14. The maximum Gasteiger partial charge on any atom is 0.227 e. The van der Waals surface area contributed by atoms with E-state index < -0.39 is 0 Å². The van der Waals surface area contributed by atoms with Gasteiger partial charge in [-0.1, -0.05) is 103 Å². The van der Waals surface area contributed by atoms with E-state index in [-0.39, 0.29) is 0 Å². The molecular weight excluding hydrogens is 480 g/mol. The van der Waals surface area contributed by atoms with Crippen molar-refractivity contribution in [1.29, 1.82) is 0 Å². The van der Waals surface area contributed by atoms with Crippen molar-refractivity contribution in [3.63, 3.8) is 0 Å². The molecule has 184 valence electrons. The molecule has 0 radical (unpaired) electrons. The zero-order chi connectivity index (χ0) is 26.0. The molecule has 0 fully saturated rings. The number of oxazole rings is 1. The fourth-order valence-electron chi connectivity index (χ4n) is 4.66. The van der Waals surface area contributed by atoms with Crippen LogP contribution in [-0.2, 0) is 0 Å². The van der Waals surface area contributed by atoms with Crippen molar-refractivity contribution in [2.24, 2.45) is 0 Å². The fraction of sp³-hybridized carbons (Fsp3) is 0. The van der Waals surface area contributed by atoms with E-state index in [4.69, 9.17) is 19.4 Å². The van der Waals surface area contributed by atoms with Gasteiger partial charge in [-0.05, 0) is 41.5 Å². The van der Waals surface area contributed by atoms with Gasteiger partial charge in [0.05, 0.1) is 0 Å². The lowest BCUT2D eigenvalue weighted by Crippen LogP contribution is -2.01. The number of nitrogens with zero attached hydrogens (tertiary/aromatic N) is 4. The van der Waals surface area contributed by atoms with Crippen LogP contribution in [0.5, 0.6) is 0 Å². The van der Waals surface area contributed by atoms with E-state index in [1.807, 2.05) is 109 Å². The summed E-state index contributed by atoms with van der Waals surface area (Å²) in [6.45, 7) is 0. The largest absolute Gasteiger partial charge is 0.436 e. The van der Waals surface area contributed by atoms with Crippen LogP contribution < -0.4 is 0 Å². The predicted octanol–water partition coefficient (Wildman–Crippen LogP) is 8.35. The SMILES string of the molecule is c1ccc(-c2nc(-c3ccc4nc(-c5ccccc5)oc4c3)nc(-c3ccccc3-c3ccccc3)n2)cc1. The highest BCUT2D eigenvalue weighted by Crippen LogP contribution is 2.33. The van der Waals surface area contributed by atoms with E-state index in [1.54, 1.807) is 0 Å². The molecule has 5 heteroatoms. The molecule has 0 aliphatic rings. The molecule has 7 rings (SSSR count). The number of fused-ring (bicyclic) bond motifs is 1. The summed E-state index contributed by atoms with van der Waals surface area (Å²) in [6, 6.07) is 44.3. The van der Waals surface area contributed by atoms with Gasteiger partial charge in [0, 0.05) is 22.3 Å². The molecule has 0 amide bonds. The lowest BCUT2D eigenvalue weighted by molar-refractivity contribution is 0.620. The second-order valence-corrected chi connectivity index (χ2v) is 9.15. The Morgan fingerprint density at radius 1 is 0.385 bits per heavy atom. The van der Waals surface area contributed by atoms with Crippen LogP contribution in [-0.4, -0.2) is 19.9 Å². The minimum atomic E-state index is 0.571. The van der Waals surface area contributed by atoms with Crippen molar-refractivity contribution in [2.45, 2.75) is 0 Å². The van der Waals surface area contributed by atoms with Gasteiger partial charge in [-0.25, -0.2) is 19.9 Å². The van der Waals surface area contributed by atoms with Crippen molar-refractivity contribution < 1.29 is 4.42 Å². The zero-order valence-corrected chi connectivity index (χ0v) is 20.9. The quantitative estimate of drug-likeness (QED) is 0.237. The third-order valence-corrected chi connectivity index (χ3v) is 6.59. The van der Waals surface area contributed by atoms with Crippen LogP contribution in [0.15, 0.2) is 138 Å². The van der Waals surface area contributed by atoms with E-state index in [9.17, 15) is 0 Å². The molecule has 0 saturated carbocycles. The van der Waals surface area contributed by atoms with E-state index in [2.05, 4.69) is 29.2 Å². The number of rotatable bonds is 5. The third kappa shape index (κ3) is 4.47. The summed E-state index contributed by atoms with van der Waals surface area (Å²) in [6.07, 6.45) is 0. The van der Waals surface area contributed by atoms with E-state index in [0.717, 1.165) is 38.9 Å². The molecule has 5 nitrogen and oxygen atoms in total. The second-order valence-electron chi connectivity index (χ2n) is 9.15. The summed E-state index contributed by atoms with van der Waals surface area (Å²) in [5.41, 5.74) is 7.25. The predicted molar refractivity (Wildman–Crippen MR) is 155 cm³/mol. The van der Waals surface area contributed by atoms with Crippen LogP contribution in [0.25, 0.3) is 67.8 Å². The molecule has 0 bridgehead atoms. The Morgan fingerprint density at radius 3 is 1.62 bits per heavy atom. The van der Waals surface area contributed by atoms with Crippen molar-refractivity contribution in [1.82, 2.24) is 19.9 Å². The summed E-state index contributed by atoms with van der Waals surface area (Å²) in [5.74, 6) is 2.38. The zero-order valence-electron chi connectivity index (χ0n) is 20.9. The van der Waals surface area contributed by atoms with Crippen LogP contribution in [0.3, 0.4) is 0 Å². The first-order valence-electron chi connectivity index (χ1n) is 12.7. The highest BCUT2D eigenvalue weighted by Gasteiger charge is 2.16. The standard InChI is InChI=1S/C34H22N4O/c1-4-12-23(13-5-1)27-18-10-11-19-28(27)33-37-31(24-14-6-2-7-15-24)36-32(38-33)26-20-21-29-30(22-26)39-34(35-29)25-16-8-3-9-17-25/h1-22H. The van der Waals surface area contributed by atoms with Crippen LogP contribution >= 0.6 is 0 Å². The Kier molecular flexibility index (Phi) is 5.72. The summed E-state index contributed by atoms with van der Waals surface area (Å²) < 4.78 is 6.14. The summed E-state index contributed by atoms with van der Waals surface area (Å²) in [4.78, 5) is 19.5. The van der Waals surface area contributed by atoms with Gasteiger partial charge in [-0.15, -0.1) is 0 Å². The minimum absolute atomic E-state index is 0.571. The molecule has 7 aromatic rings. The molecule has 0 aliphatic heterocycles. The summed E-state index contributed by atoms with van der Waals surface area (Å²) in [7, 11) is 0. The number of aromatic nitrogens is 4. The smallest absolute Gasteiger partial charge is 0.227 e. The highest BCUT2D eigenvalue weighted by atomic mass is 16.3. The lowest BCUT2D eigenvalue weighted by atomic mass is 9.99. The highest BCUT2D eigenvalue weighted by molar-refractivity contribution is 5.83. The van der Waals surface area contributed by atoms with E-state index in [1.165, 1.54) is 0 Å². The van der Waals surface area contributed by atoms with E-state index in [0.29, 0.717) is 28.9 Å². The molecule has 0 spiro atoms. The number of hydrogen-bond donors (Lipinski definition) is 0. The molecule has 5 aromatic carbocycles. The number of hydrogen-bond acceptors (Lipinski definition) is 5. The Balaban J connectivity index is 1.39. The molecule has 0 N–H and O–H groups in total. The van der Waals surface area contributed by atoms with Crippen molar-refractivity contribution >= 4 is 11.1 Å². The fourth-order valence-corrected chi connectivity index (χ4v) is 4.66. The Labute approximate surface area is 225 Å². The van der Waals surface area contributed by atoms with Crippen LogP contribution in [0, 0.1) is 0 Å². The molecule has 2 heterocycles. The first-order chi connectivity index (χ1) is 19.3. The van der Waals surface area contributed by atoms with Gasteiger partial charge in [-0.3, -0.25) is 0 Å². The van der Waals surface area contributed by atoms with Crippen molar-refractivity contribution in [2.75, 3.05) is 0 Å².